The van der Waals surface area contributed by atoms with Gasteiger partial charge in [-0.15, -0.1) is 0 Å². The van der Waals surface area contributed by atoms with Crippen molar-refractivity contribution in [2.75, 3.05) is 11.6 Å². The van der Waals surface area contributed by atoms with E-state index < -0.39 is 66.8 Å². The van der Waals surface area contributed by atoms with Gasteiger partial charge in [0.2, 0.25) is 5.91 Å². The van der Waals surface area contributed by atoms with E-state index in [9.17, 15) is 28.8 Å². The van der Waals surface area contributed by atoms with Gasteiger partial charge in [-0.1, -0.05) is 17.7 Å². The minimum absolute atomic E-state index is 0.0887. The lowest BCUT2D eigenvalue weighted by atomic mass is 10.0. The summed E-state index contributed by atoms with van der Waals surface area (Å²) in [5, 5.41) is 6.26. The van der Waals surface area contributed by atoms with Crippen molar-refractivity contribution in [3.8, 4) is 0 Å². The number of carbonyl (C=O) groups is 6. The van der Waals surface area contributed by atoms with Gasteiger partial charge in [0, 0.05) is 52.0 Å². The molecule has 0 unspecified atom stereocenters. The van der Waals surface area contributed by atoms with E-state index in [2.05, 4.69) is 10.1 Å². The third-order valence-corrected chi connectivity index (χ3v) is 5.73. The van der Waals surface area contributed by atoms with E-state index in [4.69, 9.17) is 35.3 Å². The molecule has 14 nitrogen and oxygen atoms in total. The molecule has 232 valence electrons. The molecule has 4 atom stereocenters. The number of hydrogen-bond acceptors (Lipinski definition) is 13. The molecular weight excluding hydrogens is 590 g/mol. The Morgan fingerprint density at radius 2 is 1.42 bits per heavy atom. The van der Waals surface area contributed by atoms with Gasteiger partial charge in [0.15, 0.2) is 30.2 Å². The predicted molar refractivity (Wildman–Crippen MR) is 152 cm³/mol. The van der Waals surface area contributed by atoms with E-state index in [1.165, 1.54) is 6.92 Å². The Morgan fingerprint density at radius 1 is 0.837 bits per heavy atom. The van der Waals surface area contributed by atoms with E-state index in [1.54, 1.807) is 31.2 Å². The van der Waals surface area contributed by atoms with Gasteiger partial charge in [0.05, 0.1) is 11.7 Å². The molecule has 0 spiro atoms. The molecular formula is C28H32ClN3O11. The largest absolute Gasteiger partial charge is 0.462 e. The number of rotatable bonds is 12. The molecule has 0 saturated heterocycles. The Labute approximate surface area is 252 Å². The van der Waals surface area contributed by atoms with Crippen LogP contribution in [-0.4, -0.2) is 78.0 Å². The molecule has 2 aromatic rings. The normalized spacial score (nSPS) is 13.8. The lowest BCUT2D eigenvalue weighted by Crippen LogP contribution is -2.53. The lowest BCUT2D eigenvalue weighted by Gasteiger charge is -2.34. The molecule has 0 aliphatic heterocycles. The highest BCUT2D eigenvalue weighted by Crippen LogP contribution is 2.26. The molecule has 1 aromatic heterocycles. The molecule has 1 amide bonds. The van der Waals surface area contributed by atoms with E-state index in [-0.39, 0.29) is 5.82 Å². The van der Waals surface area contributed by atoms with Crippen molar-refractivity contribution in [2.45, 2.75) is 72.9 Å². The standard InChI is InChI=1S/C28H32ClN3O11/c1-14-10-26(31-23-11-21(29)8-9-22(14)23)32(15(2)33)30-12-24(40-17(4)35)27(42-19(6)37)28(43-20(7)38)25(41-18(5)36)13-39-16(3)34/h8-12,24-25,27-28H,13H2,1-7H3/b30-12+/t24-,25+,27+,28+/m0/s1. The number of hydrazone groups is 1. The van der Waals surface area contributed by atoms with Crippen molar-refractivity contribution < 1.29 is 52.5 Å². The zero-order valence-corrected chi connectivity index (χ0v) is 25.4. The van der Waals surface area contributed by atoms with Gasteiger partial charge in [-0.25, -0.2) is 4.98 Å². The fraction of sp³-hybridized carbons (Fsp3) is 0.429. The third-order valence-electron chi connectivity index (χ3n) is 5.50. The van der Waals surface area contributed by atoms with Crippen LogP contribution in [0.3, 0.4) is 0 Å². The number of aryl methyl sites for hydroxylation is 1. The number of benzene rings is 1. The third kappa shape index (κ3) is 10.6. The van der Waals surface area contributed by atoms with Crippen LogP contribution >= 0.6 is 11.6 Å². The highest BCUT2D eigenvalue weighted by molar-refractivity contribution is 6.31. The van der Waals surface area contributed by atoms with Crippen molar-refractivity contribution in [3.63, 3.8) is 0 Å². The maximum absolute atomic E-state index is 12.7. The minimum atomic E-state index is -1.70. The molecule has 0 N–H and O–H groups in total. The number of hydrogen-bond donors (Lipinski definition) is 0. The van der Waals surface area contributed by atoms with Crippen molar-refractivity contribution >= 4 is 70.3 Å². The number of halogens is 1. The first-order chi connectivity index (χ1) is 20.1. The minimum Gasteiger partial charge on any atom is -0.462 e. The first-order valence-corrected chi connectivity index (χ1v) is 13.2. The molecule has 1 aromatic carbocycles. The number of nitrogens with zero attached hydrogens (tertiary/aromatic N) is 3. The van der Waals surface area contributed by atoms with Crippen LogP contribution in [-0.2, 0) is 52.5 Å². The Bertz CT molecular complexity index is 1430. The molecule has 2 rings (SSSR count). The molecule has 0 aliphatic rings. The van der Waals surface area contributed by atoms with Gasteiger partial charge < -0.3 is 23.7 Å². The lowest BCUT2D eigenvalue weighted by molar-refractivity contribution is -0.197. The summed E-state index contributed by atoms with van der Waals surface area (Å²) in [6.07, 6.45) is -5.55. The van der Waals surface area contributed by atoms with Crippen molar-refractivity contribution in [1.29, 1.82) is 0 Å². The van der Waals surface area contributed by atoms with Crippen LogP contribution in [0, 0.1) is 6.92 Å². The smallest absolute Gasteiger partial charge is 0.303 e. The maximum atomic E-state index is 12.7. The van der Waals surface area contributed by atoms with Crippen molar-refractivity contribution in [2.24, 2.45) is 5.10 Å². The van der Waals surface area contributed by atoms with Crippen LogP contribution in [0.4, 0.5) is 5.82 Å². The van der Waals surface area contributed by atoms with Gasteiger partial charge in [-0.2, -0.15) is 10.1 Å². The number of anilines is 1. The zero-order valence-electron chi connectivity index (χ0n) is 24.6. The Kier molecular flexibility index (Phi) is 12.5. The Hall–Kier alpha value is -4.59. The number of fused-ring (bicyclic) bond motifs is 1. The maximum Gasteiger partial charge on any atom is 0.303 e. The van der Waals surface area contributed by atoms with E-state index in [0.717, 1.165) is 56.8 Å². The topological polar surface area (TPSA) is 177 Å². The second kappa shape index (κ2) is 15.6. The number of aromatic nitrogens is 1. The first kappa shape index (κ1) is 34.6. The van der Waals surface area contributed by atoms with Crippen LogP contribution in [0.15, 0.2) is 29.4 Å². The second-order valence-corrected chi connectivity index (χ2v) is 9.66. The highest BCUT2D eigenvalue weighted by atomic mass is 35.5. The summed E-state index contributed by atoms with van der Waals surface area (Å²) in [5.74, 6) is -4.80. The van der Waals surface area contributed by atoms with Crippen LogP contribution in [0.5, 0.6) is 0 Å². The number of pyridine rings is 1. The van der Waals surface area contributed by atoms with Gasteiger partial charge >= 0.3 is 29.8 Å². The molecule has 15 heteroatoms. The molecule has 0 saturated carbocycles. The van der Waals surface area contributed by atoms with E-state index in [0.29, 0.717) is 10.5 Å². The van der Waals surface area contributed by atoms with Crippen LogP contribution in [0.25, 0.3) is 10.9 Å². The predicted octanol–water partition coefficient (Wildman–Crippen LogP) is 2.83. The molecule has 0 fully saturated rings. The molecule has 0 radical (unpaired) electrons. The quantitative estimate of drug-likeness (QED) is 0.147. The Morgan fingerprint density at radius 3 is 1.95 bits per heavy atom. The van der Waals surface area contributed by atoms with E-state index >= 15 is 0 Å². The van der Waals surface area contributed by atoms with Gasteiger partial charge in [0.1, 0.15) is 6.61 Å². The summed E-state index contributed by atoms with van der Waals surface area (Å²) in [6.45, 7) is 7.64. The van der Waals surface area contributed by atoms with Crippen molar-refractivity contribution in [1.82, 2.24) is 4.98 Å². The summed E-state index contributed by atoms with van der Waals surface area (Å²) in [7, 11) is 0. The molecule has 1 heterocycles. The second-order valence-electron chi connectivity index (χ2n) is 9.23. The van der Waals surface area contributed by atoms with Gasteiger partial charge in [-0.05, 0) is 30.7 Å². The Balaban J connectivity index is 2.67. The monoisotopic (exact) mass is 621 g/mol. The van der Waals surface area contributed by atoms with Crippen LogP contribution in [0.1, 0.15) is 47.1 Å². The molecule has 0 bridgehead atoms. The van der Waals surface area contributed by atoms with Crippen molar-refractivity contribution in [3.05, 3.63) is 34.9 Å². The molecule has 43 heavy (non-hydrogen) atoms. The number of carbonyl (C=O) groups excluding carboxylic acids is 6. The summed E-state index contributed by atoms with van der Waals surface area (Å²) in [4.78, 5) is 76.9. The number of amides is 1. The fourth-order valence-electron chi connectivity index (χ4n) is 3.94. The summed E-state index contributed by atoms with van der Waals surface area (Å²) in [5.41, 5.74) is 1.22. The van der Waals surface area contributed by atoms with Crippen LogP contribution in [0.2, 0.25) is 5.02 Å². The molecule has 0 aliphatic carbocycles. The van der Waals surface area contributed by atoms with E-state index in [1.807, 2.05) is 0 Å². The summed E-state index contributed by atoms with van der Waals surface area (Å²) >= 11 is 6.12. The fourth-order valence-corrected chi connectivity index (χ4v) is 4.11. The number of ether oxygens (including phenoxy) is 5. The summed E-state index contributed by atoms with van der Waals surface area (Å²) < 4.78 is 26.3. The number of esters is 5. The summed E-state index contributed by atoms with van der Waals surface area (Å²) in [6, 6.07) is 6.67. The highest BCUT2D eigenvalue weighted by Gasteiger charge is 2.43. The van der Waals surface area contributed by atoms with Gasteiger partial charge in [0.25, 0.3) is 0 Å². The SMILES string of the molecule is CC(=O)OC[C@@H](OC(C)=O)[C@@H](OC(C)=O)[C@H](OC(C)=O)[C@H](/C=N/N(C(C)=O)c1cc(C)c2ccc(Cl)cc2n1)OC(C)=O. The van der Waals surface area contributed by atoms with Crippen LogP contribution < -0.4 is 5.01 Å². The zero-order chi connectivity index (χ0) is 32.4. The first-order valence-electron chi connectivity index (χ1n) is 12.8. The van der Waals surface area contributed by atoms with Gasteiger partial charge in [-0.3, -0.25) is 28.8 Å². The average Bonchev–Trinajstić information content (AvgIpc) is 2.86. The average molecular weight is 622 g/mol.